The molecule has 174 valence electrons. The Morgan fingerprint density at radius 1 is 1.09 bits per heavy atom. The minimum atomic E-state index is -0.274. The Bertz CT molecular complexity index is 906. The van der Waals surface area contributed by atoms with Gasteiger partial charge in [-0.1, -0.05) is 44.6 Å². The van der Waals surface area contributed by atoms with Gasteiger partial charge in [0.05, 0.1) is 6.61 Å². The first-order chi connectivity index (χ1) is 15.1. The van der Waals surface area contributed by atoms with Crippen molar-refractivity contribution in [2.45, 2.75) is 73.1 Å². The summed E-state index contributed by atoms with van der Waals surface area (Å²) in [5.74, 6) is 2.72. The van der Waals surface area contributed by atoms with Gasteiger partial charge in [0, 0.05) is 19.3 Å². The number of allylic oxidation sites excluding steroid dienone is 7. The lowest BCUT2D eigenvalue weighted by atomic mass is 9.51. The van der Waals surface area contributed by atoms with Gasteiger partial charge in [-0.15, -0.1) is 0 Å². The summed E-state index contributed by atoms with van der Waals surface area (Å²) >= 11 is 0. The number of carbonyl (C=O) groups excluding carboxylic acids is 2. The van der Waals surface area contributed by atoms with Gasteiger partial charge in [0.25, 0.3) is 0 Å². The van der Waals surface area contributed by atoms with Crippen LogP contribution in [0.25, 0.3) is 0 Å². The highest BCUT2D eigenvalue weighted by molar-refractivity contribution is 5.68. The van der Waals surface area contributed by atoms with Crippen molar-refractivity contribution in [3.8, 4) is 0 Å². The van der Waals surface area contributed by atoms with Crippen molar-refractivity contribution in [3.63, 3.8) is 0 Å². The Morgan fingerprint density at radius 2 is 1.88 bits per heavy atom. The molecule has 0 radical (unpaired) electrons. The van der Waals surface area contributed by atoms with Crippen molar-refractivity contribution in [1.29, 1.82) is 0 Å². The van der Waals surface area contributed by atoms with E-state index in [1.54, 1.807) is 5.57 Å². The van der Waals surface area contributed by atoms with E-state index in [-0.39, 0.29) is 17.4 Å². The molecule has 6 atom stereocenters. The minimum Gasteiger partial charge on any atom is -0.466 e. The first-order valence-corrected chi connectivity index (χ1v) is 12.3. The predicted molar refractivity (Wildman–Crippen MR) is 125 cm³/mol. The summed E-state index contributed by atoms with van der Waals surface area (Å²) in [6, 6.07) is 0. The fraction of sp³-hybridized carbons (Fsp3) is 0.643. The normalized spacial score (nSPS) is 36.0. The fourth-order valence-corrected chi connectivity index (χ4v) is 7.34. The van der Waals surface area contributed by atoms with E-state index >= 15 is 0 Å². The van der Waals surface area contributed by atoms with Gasteiger partial charge in [-0.2, -0.15) is 0 Å². The number of ether oxygens (including phenoxy) is 2. The number of rotatable bonds is 6. The molecule has 0 amide bonds. The molecular formula is C28H38O4. The summed E-state index contributed by atoms with van der Waals surface area (Å²) in [7, 11) is 0. The van der Waals surface area contributed by atoms with E-state index in [9.17, 15) is 9.59 Å². The van der Waals surface area contributed by atoms with Gasteiger partial charge in [0.15, 0.2) is 0 Å². The van der Waals surface area contributed by atoms with Crippen LogP contribution in [0.3, 0.4) is 0 Å². The van der Waals surface area contributed by atoms with E-state index in [1.165, 1.54) is 45.1 Å². The van der Waals surface area contributed by atoms with Gasteiger partial charge in [0.1, 0.15) is 5.76 Å². The van der Waals surface area contributed by atoms with E-state index in [0.717, 1.165) is 18.8 Å². The fourth-order valence-electron chi connectivity index (χ4n) is 7.34. The first-order valence-electron chi connectivity index (χ1n) is 12.3. The van der Waals surface area contributed by atoms with Crippen LogP contribution >= 0.6 is 0 Å². The second-order valence-electron chi connectivity index (χ2n) is 10.8. The van der Waals surface area contributed by atoms with Crippen molar-refractivity contribution < 1.29 is 19.1 Å². The van der Waals surface area contributed by atoms with Crippen LogP contribution in [-0.2, 0) is 19.1 Å². The summed E-state index contributed by atoms with van der Waals surface area (Å²) in [4.78, 5) is 22.4. The number of esters is 2. The van der Waals surface area contributed by atoms with Gasteiger partial charge in [-0.3, -0.25) is 9.59 Å². The molecule has 0 unspecified atom stereocenters. The van der Waals surface area contributed by atoms with Gasteiger partial charge in [-0.25, -0.2) is 0 Å². The molecule has 32 heavy (non-hydrogen) atoms. The lowest BCUT2D eigenvalue weighted by Crippen LogP contribution is -2.44. The molecule has 0 spiro atoms. The Balaban J connectivity index is 1.51. The number of fused-ring (bicyclic) bond motifs is 5. The standard InChI is InChI=1S/C28H38O4/c1-18(7-6-16-31-19(2)29)24-10-11-25-23-9-8-21-17-22(32-20(3)30)12-14-27(21,4)26(23)13-15-28(24,25)5/h8-9,12,14,17-18,24-26H,6-7,10-11,13,15-16H2,1-5H3/t18-,24-,25+,26+,27+,28-/m1/s1. The molecular weight excluding hydrogens is 400 g/mol. The van der Waals surface area contributed by atoms with Crippen molar-refractivity contribution in [2.24, 2.45) is 34.5 Å². The summed E-state index contributed by atoms with van der Waals surface area (Å²) in [6.45, 7) is 10.8. The van der Waals surface area contributed by atoms with E-state index in [2.05, 4.69) is 39.0 Å². The molecule has 0 saturated heterocycles. The molecule has 2 saturated carbocycles. The zero-order valence-corrected chi connectivity index (χ0v) is 20.3. The molecule has 4 rings (SSSR count). The summed E-state index contributed by atoms with van der Waals surface area (Å²) < 4.78 is 10.5. The van der Waals surface area contributed by atoms with E-state index < -0.39 is 0 Å². The van der Waals surface area contributed by atoms with E-state index in [1.807, 2.05) is 12.2 Å². The average Bonchev–Trinajstić information content (AvgIpc) is 3.08. The molecule has 0 aromatic heterocycles. The summed E-state index contributed by atoms with van der Waals surface area (Å²) in [6.07, 6.45) is 18.0. The topological polar surface area (TPSA) is 52.6 Å². The van der Waals surface area contributed by atoms with Crippen LogP contribution in [0.2, 0.25) is 0 Å². The molecule has 0 aromatic rings. The smallest absolute Gasteiger partial charge is 0.308 e. The molecule has 0 aromatic carbocycles. The highest BCUT2D eigenvalue weighted by atomic mass is 16.5. The molecule has 4 aliphatic rings. The average molecular weight is 439 g/mol. The number of hydrogen-bond acceptors (Lipinski definition) is 4. The summed E-state index contributed by atoms with van der Waals surface area (Å²) in [5.41, 5.74) is 3.21. The molecule has 4 aliphatic carbocycles. The molecule has 0 N–H and O–H groups in total. The van der Waals surface area contributed by atoms with Crippen molar-refractivity contribution in [1.82, 2.24) is 0 Å². The second kappa shape index (κ2) is 8.68. The Hall–Kier alpha value is -2.10. The third kappa shape index (κ3) is 4.02. The lowest BCUT2D eigenvalue weighted by molar-refractivity contribution is -0.141. The molecule has 2 fully saturated rings. The van der Waals surface area contributed by atoms with Crippen LogP contribution in [0.15, 0.2) is 47.3 Å². The highest BCUT2D eigenvalue weighted by Gasteiger charge is 2.56. The van der Waals surface area contributed by atoms with Gasteiger partial charge in [-0.05, 0) is 85.3 Å². The van der Waals surface area contributed by atoms with Crippen LogP contribution in [-0.4, -0.2) is 18.5 Å². The molecule has 4 nitrogen and oxygen atoms in total. The van der Waals surface area contributed by atoms with Gasteiger partial charge >= 0.3 is 11.9 Å². The first kappa shape index (κ1) is 23.1. The monoisotopic (exact) mass is 438 g/mol. The van der Waals surface area contributed by atoms with Gasteiger partial charge in [0.2, 0.25) is 0 Å². The maximum absolute atomic E-state index is 11.4. The quantitative estimate of drug-likeness (QED) is 0.361. The van der Waals surface area contributed by atoms with E-state index in [0.29, 0.717) is 35.5 Å². The zero-order chi connectivity index (χ0) is 23.1. The Labute approximate surface area is 192 Å². The van der Waals surface area contributed by atoms with Crippen LogP contribution in [0.1, 0.15) is 73.1 Å². The zero-order valence-electron chi connectivity index (χ0n) is 20.3. The van der Waals surface area contributed by atoms with Crippen molar-refractivity contribution in [3.05, 3.63) is 47.3 Å². The highest BCUT2D eigenvalue weighted by Crippen LogP contribution is 2.65. The summed E-state index contributed by atoms with van der Waals surface area (Å²) in [5, 5.41) is 0. The van der Waals surface area contributed by atoms with Crippen molar-refractivity contribution in [2.75, 3.05) is 6.61 Å². The largest absolute Gasteiger partial charge is 0.466 e. The van der Waals surface area contributed by atoms with Crippen LogP contribution in [0.5, 0.6) is 0 Å². The number of carbonyl (C=O) groups is 2. The van der Waals surface area contributed by atoms with Crippen LogP contribution in [0.4, 0.5) is 0 Å². The Kier molecular flexibility index (Phi) is 6.26. The van der Waals surface area contributed by atoms with Crippen LogP contribution < -0.4 is 0 Å². The third-order valence-corrected chi connectivity index (χ3v) is 8.94. The maximum Gasteiger partial charge on any atom is 0.308 e. The Morgan fingerprint density at radius 3 is 2.59 bits per heavy atom. The maximum atomic E-state index is 11.4. The SMILES string of the molecule is CC(=O)OCCC[C@@H](C)[C@H]1CC[C@H]2C3=CC=C4C=C(OC(C)=O)C=C[C@]4(C)[C@H]3CC[C@]12C. The van der Waals surface area contributed by atoms with Crippen molar-refractivity contribution >= 4 is 11.9 Å². The second-order valence-corrected chi connectivity index (χ2v) is 10.8. The van der Waals surface area contributed by atoms with Crippen LogP contribution in [0, 0.1) is 34.5 Å². The van der Waals surface area contributed by atoms with Gasteiger partial charge < -0.3 is 9.47 Å². The number of hydrogen-bond donors (Lipinski definition) is 0. The third-order valence-electron chi connectivity index (χ3n) is 8.94. The predicted octanol–water partition coefficient (Wildman–Crippen LogP) is 6.30. The minimum absolute atomic E-state index is 0.0250. The molecule has 0 aliphatic heterocycles. The molecule has 0 bridgehead atoms. The molecule has 0 heterocycles. The lowest BCUT2D eigenvalue weighted by Gasteiger charge is -2.53. The molecule has 4 heteroatoms. The van der Waals surface area contributed by atoms with E-state index in [4.69, 9.17) is 9.47 Å².